The van der Waals surface area contributed by atoms with Crippen LogP contribution in [0.5, 0.6) is 0 Å². The fourth-order valence-electron chi connectivity index (χ4n) is 2.94. The van der Waals surface area contributed by atoms with E-state index in [0.29, 0.717) is 0 Å². The molecular formula is C16H31N5O. The normalized spacial score (nSPS) is 22.7. The van der Waals surface area contributed by atoms with Gasteiger partial charge in [-0.2, -0.15) is 0 Å². The van der Waals surface area contributed by atoms with Gasteiger partial charge in [0.05, 0.1) is 6.04 Å². The van der Waals surface area contributed by atoms with Gasteiger partial charge >= 0.3 is 0 Å². The lowest BCUT2D eigenvalue weighted by Crippen LogP contribution is -2.44. The molecular weight excluding hydrogens is 278 g/mol. The zero-order valence-corrected chi connectivity index (χ0v) is 14.3. The van der Waals surface area contributed by atoms with E-state index in [1.165, 1.54) is 12.8 Å². The van der Waals surface area contributed by atoms with Crippen molar-refractivity contribution in [3.8, 4) is 0 Å². The van der Waals surface area contributed by atoms with Gasteiger partial charge in [0.25, 0.3) is 0 Å². The van der Waals surface area contributed by atoms with E-state index in [-0.39, 0.29) is 11.9 Å². The highest BCUT2D eigenvalue weighted by Crippen LogP contribution is 2.27. The quantitative estimate of drug-likeness (QED) is 0.409. The average Bonchev–Trinajstić information content (AvgIpc) is 3.22. The first-order valence-corrected chi connectivity index (χ1v) is 8.51. The van der Waals surface area contributed by atoms with Crippen molar-refractivity contribution >= 4 is 11.9 Å². The Labute approximate surface area is 134 Å². The second kappa shape index (κ2) is 8.36. The third-order valence-corrected chi connectivity index (χ3v) is 4.48. The van der Waals surface area contributed by atoms with E-state index in [1.807, 2.05) is 21.1 Å². The first kappa shape index (κ1) is 17.1. The molecule has 22 heavy (non-hydrogen) atoms. The van der Waals surface area contributed by atoms with Crippen LogP contribution in [0.3, 0.4) is 0 Å². The van der Waals surface area contributed by atoms with Gasteiger partial charge in [0.15, 0.2) is 5.96 Å². The lowest BCUT2D eigenvalue weighted by molar-refractivity contribution is -0.133. The Morgan fingerprint density at radius 2 is 2.05 bits per heavy atom. The van der Waals surface area contributed by atoms with Crippen molar-refractivity contribution in [3.05, 3.63) is 0 Å². The summed E-state index contributed by atoms with van der Waals surface area (Å²) in [5.41, 5.74) is 0. The molecule has 1 saturated carbocycles. The highest BCUT2D eigenvalue weighted by molar-refractivity contribution is 5.81. The highest BCUT2D eigenvalue weighted by Gasteiger charge is 2.30. The molecule has 1 heterocycles. The molecule has 1 atom stereocenters. The van der Waals surface area contributed by atoms with Crippen molar-refractivity contribution in [1.29, 1.82) is 0 Å². The number of nitrogens with one attached hydrogen (secondary N) is 2. The molecule has 1 amide bonds. The van der Waals surface area contributed by atoms with Gasteiger partial charge in [0.2, 0.25) is 5.91 Å². The molecule has 0 aromatic heterocycles. The van der Waals surface area contributed by atoms with E-state index >= 15 is 0 Å². The van der Waals surface area contributed by atoms with Crippen LogP contribution in [0, 0.1) is 5.92 Å². The van der Waals surface area contributed by atoms with Gasteiger partial charge in [-0.05, 0) is 44.6 Å². The molecule has 2 rings (SSSR count). The summed E-state index contributed by atoms with van der Waals surface area (Å²) in [6.07, 6.45) is 5.85. The summed E-state index contributed by atoms with van der Waals surface area (Å²) in [4.78, 5) is 20.4. The largest absolute Gasteiger partial charge is 0.356 e. The number of amides is 1. The number of hydrogen-bond acceptors (Lipinski definition) is 3. The average molecular weight is 309 g/mol. The lowest BCUT2D eigenvalue weighted by Gasteiger charge is -2.26. The smallest absolute Gasteiger partial charge is 0.239 e. The lowest BCUT2D eigenvalue weighted by atomic mass is 10.2. The minimum absolute atomic E-state index is 0.0855. The number of rotatable bonds is 7. The predicted molar refractivity (Wildman–Crippen MR) is 90.0 cm³/mol. The Hall–Kier alpha value is -1.30. The van der Waals surface area contributed by atoms with Crippen LogP contribution >= 0.6 is 0 Å². The van der Waals surface area contributed by atoms with E-state index in [4.69, 9.17) is 0 Å². The van der Waals surface area contributed by atoms with Crippen LogP contribution in [0.2, 0.25) is 0 Å². The summed E-state index contributed by atoms with van der Waals surface area (Å²) in [6, 6.07) is 0.0855. The Bertz CT molecular complexity index is 392. The van der Waals surface area contributed by atoms with Crippen LogP contribution in [-0.4, -0.2) is 75.0 Å². The zero-order chi connectivity index (χ0) is 15.9. The summed E-state index contributed by atoms with van der Waals surface area (Å²) < 4.78 is 0. The van der Waals surface area contributed by atoms with Gasteiger partial charge in [-0.15, -0.1) is 0 Å². The molecule has 6 heteroatoms. The number of nitrogens with zero attached hydrogens (tertiary/aromatic N) is 3. The Balaban J connectivity index is 1.63. The van der Waals surface area contributed by atoms with E-state index < -0.39 is 0 Å². The van der Waals surface area contributed by atoms with Crippen molar-refractivity contribution in [2.45, 2.75) is 38.1 Å². The van der Waals surface area contributed by atoms with Crippen LogP contribution in [0.4, 0.5) is 0 Å². The van der Waals surface area contributed by atoms with Crippen molar-refractivity contribution in [2.75, 3.05) is 47.3 Å². The number of likely N-dealkylation sites (N-methyl/N-ethyl adjacent to an activating group) is 1. The number of hydrogen-bond donors (Lipinski definition) is 2. The third-order valence-electron chi connectivity index (χ3n) is 4.48. The number of aliphatic imine (C=N–C) groups is 1. The topological polar surface area (TPSA) is 60.0 Å². The minimum atomic E-state index is 0.0855. The summed E-state index contributed by atoms with van der Waals surface area (Å²) in [6.45, 7) is 3.94. The number of carbonyl (C=O) groups is 1. The molecule has 2 fully saturated rings. The van der Waals surface area contributed by atoms with E-state index in [0.717, 1.165) is 57.3 Å². The molecule has 126 valence electrons. The predicted octanol–water partition coefficient (Wildman–Crippen LogP) is 0.504. The zero-order valence-electron chi connectivity index (χ0n) is 14.3. The molecule has 0 radical (unpaired) electrons. The third kappa shape index (κ3) is 5.16. The van der Waals surface area contributed by atoms with Crippen LogP contribution < -0.4 is 10.6 Å². The monoisotopic (exact) mass is 309 g/mol. The Morgan fingerprint density at radius 3 is 2.68 bits per heavy atom. The molecule has 1 aliphatic heterocycles. The molecule has 2 aliphatic rings. The van der Waals surface area contributed by atoms with E-state index in [9.17, 15) is 4.79 Å². The van der Waals surface area contributed by atoms with Gasteiger partial charge in [0.1, 0.15) is 0 Å². The van der Waals surface area contributed by atoms with Crippen molar-refractivity contribution in [1.82, 2.24) is 20.4 Å². The number of guanidine groups is 1. The Kier molecular flexibility index (Phi) is 6.49. The van der Waals surface area contributed by atoms with Gasteiger partial charge in [0, 0.05) is 40.8 Å². The second-order valence-electron chi connectivity index (χ2n) is 6.60. The van der Waals surface area contributed by atoms with Crippen molar-refractivity contribution in [2.24, 2.45) is 10.9 Å². The molecule has 0 spiro atoms. The van der Waals surface area contributed by atoms with Crippen LogP contribution in [-0.2, 0) is 4.79 Å². The first-order chi connectivity index (χ1) is 10.6. The molecule has 0 bridgehead atoms. The molecule has 1 aliphatic carbocycles. The maximum absolute atomic E-state index is 12.1. The van der Waals surface area contributed by atoms with Crippen molar-refractivity contribution < 1.29 is 4.79 Å². The maximum atomic E-state index is 12.1. The van der Waals surface area contributed by atoms with Gasteiger partial charge < -0.3 is 15.5 Å². The van der Waals surface area contributed by atoms with Crippen LogP contribution in [0.15, 0.2) is 4.99 Å². The summed E-state index contributed by atoms with van der Waals surface area (Å²) >= 11 is 0. The van der Waals surface area contributed by atoms with Crippen molar-refractivity contribution in [3.63, 3.8) is 0 Å². The molecule has 2 N–H and O–H groups in total. The van der Waals surface area contributed by atoms with Gasteiger partial charge in [-0.3, -0.25) is 14.7 Å². The Morgan fingerprint density at radius 1 is 1.27 bits per heavy atom. The minimum Gasteiger partial charge on any atom is -0.356 e. The standard InChI is InChI=1S/C16H31N5O/c1-17-16(19-12-13-7-8-13)18-9-5-11-21-10-4-6-14(21)15(22)20(2)3/h13-14H,4-12H2,1-3H3,(H2,17,18,19). The van der Waals surface area contributed by atoms with Gasteiger partial charge in [-0.1, -0.05) is 0 Å². The fourth-order valence-corrected chi connectivity index (χ4v) is 2.94. The van der Waals surface area contributed by atoms with Gasteiger partial charge in [-0.25, -0.2) is 0 Å². The second-order valence-corrected chi connectivity index (χ2v) is 6.60. The van der Waals surface area contributed by atoms with E-state index in [2.05, 4.69) is 20.5 Å². The molecule has 1 unspecified atom stereocenters. The summed E-state index contributed by atoms with van der Waals surface area (Å²) in [7, 11) is 5.50. The van der Waals surface area contributed by atoms with Crippen LogP contribution in [0.25, 0.3) is 0 Å². The highest BCUT2D eigenvalue weighted by atomic mass is 16.2. The number of likely N-dealkylation sites (tertiary alicyclic amines) is 1. The molecule has 0 aromatic rings. The first-order valence-electron chi connectivity index (χ1n) is 8.51. The summed E-state index contributed by atoms with van der Waals surface area (Å²) in [5.74, 6) is 1.99. The fraction of sp³-hybridized carbons (Fsp3) is 0.875. The number of carbonyl (C=O) groups excluding carboxylic acids is 1. The maximum Gasteiger partial charge on any atom is 0.239 e. The molecule has 6 nitrogen and oxygen atoms in total. The van der Waals surface area contributed by atoms with Crippen LogP contribution in [0.1, 0.15) is 32.1 Å². The molecule has 1 saturated heterocycles. The SMILES string of the molecule is CN=C(NCCCN1CCCC1C(=O)N(C)C)NCC1CC1. The molecule has 0 aromatic carbocycles. The van der Waals surface area contributed by atoms with E-state index in [1.54, 1.807) is 4.90 Å². The summed E-state index contributed by atoms with van der Waals surface area (Å²) in [5, 5.41) is 6.73.